The molecule has 0 aromatic heterocycles. The van der Waals surface area contributed by atoms with Crippen molar-refractivity contribution in [3.63, 3.8) is 0 Å². The Labute approximate surface area is 100 Å². The number of benzene rings is 1. The number of phenols is 3. The van der Waals surface area contributed by atoms with Gasteiger partial charge in [-0.1, -0.05) is 19.4 Å². The van der Waals surface area contributed by atoms with E-state index in [4.69, 9.17) is 5.11 Å². The van der Waals surface area contributed by atoms with E-state index in [-0.39, 0.29) is 11.5 Å². The van der Waals surface area contributed by atoms with Crippen molar-refractivity contribution in [2.45, 2.75) is 32.4 Å². The van der Waals surface area contributed by atoms with Gasteiger partial charge in [0.05, 0.1) is 6.10 Å². The van der Waals surface area contributed by atoms with Crippen molar-refractivity contribution in [3.8, 4) is 17.2 Å². The van der Waals surface area contributed by atoms with Gasteiger partial charge in [0, 0.05) is 18.7 Å². The second-order valence-corrected chi connectivity index (χ2v) is 4.01. The monoisotopic (exact) mass is 241 g/mol. The van der Waals surface area contributed by atoms with Crippen LogP contribution >= 0.6 is 0 Å². The summed E-state index contributed by atoms with van der Waals surface area (Å²) in [5, 5.41) is 40.4. The molecule has 0 radical (unpaired) electrons. The fraction of sp³-hybridized carbons (Fsp3) is 0.500. The molecular formula is C12H19NO4. The van der Waals surface area contributed by atoms with Crippen LogP contribution in [0.15, 0.2) is 12.1 Å². The van der Waals surface area contributed by atoms with Crippen LogP contribution in [-0.4, -0.2) is 33.1 Å². The van der Waals surface area contributed by atoms with Crippen molar-refractivity contribution < 1.29 is 20.4 Å². The van der Waals surface area contributed by atoms with Crippen LogP contribution in [0.3, 0.4) is 0 Å². The fourth-order valence-corrected chi connectivity index (χ4v) is 1.56. The molecule has 0 aliphatic carbocycles. The Morgan fingerprint density at radius 3 is 2.53 bits per heavy atom. The van der Waals surface area contributed by atoms with E-state index in [2.05, 4.69) is 5.32 Å². The van der Waals surface area contributed by atoms with Crippen LogP contribution in [-0.2, 0) is 6.54 Å². The van der Waals surface area contributed by atoms with Gasteiger partial charge in [-0.25, -0.2) is 0 Å². The van der Waals surface area contributed by atoms with E-state index in [1.165, 1.54) is 12.1 Å². The topological polar surface area (TPSA) is 93.0 Å². The summed E-state index contributed by atoms with van der Waals surface area (Å²) in [6.45, 7) is 2.74. The van der Waals surface area contributed by atoms with E-state index in [0.717, 1.165) is 12.8 Å². The maximum absolute atomic E-state index is 9.53. The number of aliphatic hydroxyl groups is 1. The summed E-state index contributed by atoms with van der Waals surface area (Å²) >= 11 is 0. The summed E-state index contributed by atoms with van der Waals surface area (Å²) in [6.07, 6.45) is 1.22. The molecular weight excluding hydrogens is 222 g/mol. The molecule has 5 heteroatoms. The molecule has 1 unspecified atom stereocenters. The molecule has 1 aromatic carbocycles. The van der Waals surface area contributed by atoms with Crippen LogP contribution in [0.2, 0.25) is 0 Å². The highest BCUT2D eigenvalue weighted by Crippen LogP contribution is 2.36. The molecule has 0 fully saturated rings. The van der Waals surface area contributed by atoms with E-state index < -0.39 is 11.9 Å². The molecule has 0 aliphatic heterocycles. The summed E-state index contributed by atoms with van der Waals surface area (Å²) in [5.74, 6) is -1.20. The molecule has 1 aromatic rings. The molecule has 5 N–H and O–H groups in total. The van der Waals surface area contributed by atoms with Gasteiger partial charge in [-0.2, -0.15) is 0 Å². The Kier molecular flexibility index (Phi) is 5.06. The fourth-order valence-electron chi connectivity index (χ4n) is 1.56. The van der Waals surface area contributed by atoms with Gasteiger partial charge in [0.25, 0.3) is 0 Å². The van der Waals surface area contributed by atoms with Gasteiger partial charge >= 0.3 is 0 Å². The van der Waals surface area contributed by atoms with Crippen molar-refractivity contribution in [1.29, 1.82) is 0 Å². The molecule has 0 aliphatic rings. The SMILES string of the molecule is CCCC(O)CNCc1ccc(O)c(O)c1O. The van der Waals surface area contributed by atoms with Gasteiger partial charge in [-0.15, -0.1) is 0 Å². The second-order valence-electron chi connectivity index (χ2n) is 4.01. The zero-order valence-corrected chi connectivity index (χ0v) is 9.85. The molecule has 0 heterocycles. The van der Waals surface area contributed by atoms with Crippen LogP contribution in [0, 0.1) is 0 Å². The Morgan fingerprint density at radius 1 is 1.18 bits per heavy atom. The third-order valence-electron chi connectivity index (χ3n) is 2.53. The lowest BCUT2D eigenvalue weighted by atomic mass is 10.1. The molecule has 17 heavy (non-hydrogen) atoms. The standard InChI is InChI=1S/C12H19NO4/c1-2-3-9(14)7-13-6-8-4-5-10(15)12(17)11(8)16/h4-5,9,13-17H,2-3,6-7H2,1H3. The number of aliphatic hydroxyl groups excluding tert-OH is 1. The second kappa shape index (κ2) is 6.32. The number of rotatable bonds is 6. The number of phenolic OH excluding ortho intramolecular Hbond substituents is 3. The first kappa shape index (κ1) is 13.6. The van der Waals surface area contributed by atoms with Crippen LogP contribution in [0.4, 0.5) is 0 Å². The van der Waals surface area contributed by atoms with Gasteiger partial charge < -0.3 is 25.7 Å². The minimum atomic E-state index is -0.515. The molecule has 0 bridgehead atoms. The summed E-state index contributed by atoms with van der Waals surface area (Å²) in [5.41, 5.74) is 0.476. The molecule has 5 nitrogen and oxygen atoms in total. The van der Waals surface area contributed by atoms with Crippen molar-refractivity contribution in [2.24, 2.45) is 0 Å². The molecule has 0 amide bonds. The molecule has 0 saturated heterocycles. The van der Waals surface area contributed by atoms with E-state index in [1.54, 1.807) is 0 Å². The average molecular weight is 241 g/mol. The Bertz CT molecular complexity index is 368. The lowest BCUT2D eigenvalue weighted by Crippen LogP contribution is -2.26. The first-order valence-electron chi connectivity index (χ1n) is 5.67. The normalized spacial score (nSPS) is 12.6. The van der Waals surface area contributed by atoms with Gasteiger partial charge in [0.1, 0.15) is 0 Å². The quantitative estimate of drug-likeness (QED) is 0.480. The lowest BCUT2D eigenvalue weighted by Gasteiger charge is -2.12. The Hall–Kier alpha value is -1.46. The van der Waals surface area contributed by atoms with Crippen molar-refractivity contribution in [2.75, 3.05) is 6.54 Å². The number of hydrogen-bond donors (Lipinski definition) is 5. The van der Waals surface area contributed by atoms with E-state index in [1.807, 2.05) is 6.92 Å². The minimum absolute atomic E-state index is 0.320. The van der Waals surface area contributed by atoms with E-state index >= 15 is 0 Å². The third-order valence-corrected chi connectivity index (χ3v) is 2.53. The van der Waals surface area contributed by atoms with Crippen molar-refractivity contribution in [1.82, 2.24) is 5.32 Å². The smallest absolute Gasteiger partial charge is 0.200 e. The van der Waals surface area contributed by atoms with Gasteiger partial charge in [-0.3, -0.25) is 0 Å². The first-order valence-corrected chi connectivity index (χ1v) is 5.67. The van der Waals surface area contributed by atoms with Gasteiger partial charge in [0.15, 0.2) is 11.5 Å². The number of hydrogen-bond acceptors (Lipinski definition) is 5. The maximum atomic E-state index is 9.53. The van der Waals surface area contributed by atoms with Crippen molar-refractivity contribution >= 4 is 0 Å². The van der Waals surface area contributed by atoms with Gasteiger partial charge in [-0.05, 0) is 12.5 Å². The molecule has 96 valence electrons. The number of aromatic hydroxyl groups is 3. The van der Waals surface area contributed by atoms with Crippen molar-refractivity contribution in [3.05, 3.63) is 17.7 Å². The summed E-state index contributed by atoms with van der Waals surface area (Å²) < 4.78 is 0. The minimum Gasteiger partial charge on any atom is -0.504 e. The zero-order chi connectivity index (χ0) is 12.8. The highest BCUT2D eigenvalue weighted by Gasteiger charge is 2.11. The third kappa shape index (κ3) is 3.80. The molecule has 1 atom stereocenters. The zero-order valence-electron chi connectivity index (χ0n) is 9.85. The molecule has 1 rings (SSSR count). The highest BCUT2D eigenvalue weighted by molar-refractivity contribution is 5.52. The Balaban J connectivity index is 2.50. The molecule has 0 saturated carbocycles. The summed E-state index contributed by atoms with van der Waals surface area (Å²) in [6, 6.07) is 2.83. The predicted molar refractivity (Wildman–Crippen MR) is 64.1 cm³/mol. The predicted octanol–water partition coefficient (Wildman–Crippen LogP) is 1.05. The van der Waals surface area contributed by atoms with Crippen LogP contribution in [0.25, 0.3) is 0 Å². The molecule has 0 spiro atoms. The lowest BCUT2D eigenvalue weighted by molar-refractivity contribution is 0.160. The van der Waals surface area contributed by atoms with Crippen LogP contribution in [0.5, 0.6) is 17.2 Å². The summed E-state index contributed by atoms with van der Waals surface area (Å²) in [7, 11) is 0. The van der Waals surface area contributed by atoms with Crippen LogP contribution < -0.4 is 5.32 Å². The Morgan fingerprint density at radius 2 is 1.88 bits per heavy atom. The van der Waals surface area contributed by atoms with E-state index in [9.17, 15) is 15.3 Å². The largest absolute Gasteiger partial charge is 0.504 e. The first-order chi connectivity index (χ1) is 8.06. The maximum Gasteiger partial charge on any atom is 0.200 e. The highest BCUT2D eigenvalue weighted by atomic mass is 16.3. The average Bonchev–Trinajstić information content (AvgIpc) is 2.29. The van der Waals surface area contributed by atoms with Crippen LogP contribution in [0.1, 0.15) is 25.3 Å². The van der Waals surface area contributed by atoms with Gasteiger partial charge in [0.2, 0.25) is 5.75 Å². The van der Waals surface area contributed by atoms with E-state index in [0.29, 0.717) is 18.7 Å². The number of nitrogens with one attached hydrogen (secondary N) is 1. The summed E-state index contributed by atoms with van der Waals surface area (Å²) in [4.78, 5) is 0.